The third-order valence-electron chi connectivity index (χ3n) is 2.46. The lowest BCUT2D eigenvalue weighted by molar-refractivity contribution is 0.0529. The summed E-state index contributed by atoms with van der Waals surface area (Å²) in [6.07, 6.45) is 1.69. The van der Waals surface area contributed by atoms with Crippen LogP contribution in [0.4, 0.5) is 0 Å². The Hall–Kier alpha value is -1.29. The second-order valence-electron chi connectivity index (χ2n) is 3.57. The Morgan fingerprint density at radius 3 is 2.94 bits per heavy atom. The molecule has 3 nitrogen and oxygen atoms in total. The fourth-order valence-electron chi connectivity index (χ4n) is 1.63. The fraction of sp³-hybridized carbons (Fsp3) is 0.250. The van der Waals surface area contributed by atoms with E-state index in [1.165, 1.54) is 0 Å². The molecule has 1 N–H and O–H groups in total. The molecule has 0 atom stereocenters. The molecule has 4 heteroatoms. The number of esters is 1. The molecule has 0 aliphatic heterocycles. The van der Waals surface area contributed by atoms with Gasteiger partial charge in [-0.2, -0.15) is 0 Å². The Morgan fingerprint density at radius 1 is 1.50 bits per heavy atom. The van der Waals surface area contributed by atoms with E-state index in [0.717, 1.165) is 20.9 Å². The summed E-state index contributed by atoms with van der Waals surface area (Å²) in [7, 11) is 0. The predicted molar refractivity (Wildman–Crippen MR) is 66.7 cm³/mol. The molecule has 0 spiro atoms. The summed E-state index contributed by atoms with van der Waals surface area (Å²) in [5.74, 6) is -0.282. The summed E-state index contributed by atoms with van der Waals surface area (Å²) >= 11 is 3.46. The van der Waals surface area contributed by atoms with Crippen LogP contribution in [0.3, 0.4) is 0 Å². The molecule has 2 aromatic rings. The highest BCUT2D eigenvalue weighted by Crippen LogP contribution is 2.26. The minimum Gasteiger partial charge on any atom is -0.462 e. The number of hydrogen-bond donors (Lipinski definition) is 1. The third kappa shape index (κ3) is 1.85. The molecular weight excluding hydrogens is 270 g/mol. The van der Waals surface area contributed by atoms with Crippen molar-refractivity contribution in [1.29, 1.82) is 0 Å². The van der Waals surface area contributed by atoms with Crippen LogP contribution in [0, 0.1) is 6.92 Å². The van der Waals surface area contributed by atoms with Crippen LogP contribution in [-0.2, 0) is 4.74 Å². The van der Waals surface area contributed by atoms with Gasteiger partial charge in [0, 0.05) is 21.6 Å². The molecule has 0 bridgehead atoms. The van der Waals surface area contributed by atoms with Crippen LogP contribution in [0.2, 0.25) is 0 Å². The average Bonchev–Trinajstić information content (AvgIpc) is 2.62. The van der Waals surface area contributed by atoms with Gasteiger partial charge in [-0.1, -0.05) is 15.9 Å². The minimum atomic E-state index is -0.282. The summed E-state index contributed by atoms with van der Waals surface area (Å²) in [6, 6.07) is 3.94. The van der Waals surface area contributed by atoms with Gasteiger partial charge in [0.2, 0.25) is 0 Å². The standard InChI is InChI=1S/C12H12BrNO2/c1-3-16-12(15)9-6-14-11-5-10(13)7(2)4-8(9)11/h4-6,14H,3H2,1-2H3. The Labute approximate surface area is 102 Å². The highest BCUT2D eigenvalue weighted by atomic mass is 79.9. The summed E-state index contributed by atoms with van der Waals surface area (Å²) in [4.78, 5) is 14.7. The molecule has 1 aromatic carbocycles. The molecule has 16 heavy (non-hydrogen) atoms. The normalized spacial score (nSPS) is 10.7. The number of H-pyrrole nitrogens is 1. The van der Waals surface area contributed by atoms with Crippen molar-refractivity contribution in [3.63, 3.8) is 0 Å². The molecule has 0 saturated heterocycles. The lowest BCUT2D eigenvalue weighted by Gasteiger charge is -2.01. The van der Waals surface area contributed by atoms with Crippen molar-refractivity contribution in [3.8, 4) is 0 Å². The van der Waals surface area contributed by atoms with Gasteiger partial charge in [-0.25, -0.2) is 4.79 Å². The zero-order chi connectivity index (χ0) is 11.7. The largest absolute Gasteiger partial charge is 0.462 e. The first kappa shape index (κ1) is 11.2. The van der Waals surface area contributed by atoms with Crippen molar-refractivity contribution < 1.29 is 9.53 Å². The van der Waals surface area contributed by atoms with E-state index in [1.54, 1.807) is 13.1 Å². The van der Waals surface area contributed by atoms with Crippen LogP contribution in [-0.4, -0.2) is 17.6 Å². The number of aromatic amines is 1. The van der Waals surface area contributed by atoms with Crippen LogP contribution in [0.25, 0.3) is 10.9 Å². The third-order valence-corrected chi connectivity index (χ3v) is 3.31. The van der Waals surface area contributed by atoms with Crippen LogP contribution in [0.15, 0.2) is 22.8 Å². The SMILES string of the molecule is CCOC(=O)c1c[nH]c2cc(Br)c(C)cc12. The van der Waals surface area contributed by atoms with E-state index in [9.17, 15) is 4.79 Å². The van der Waals surface area contributed by atoms with E-state index in [1.807, 2.05) is 19.1 Å². The zero-order valence-electron chi connectivity index (χ0n) is 9.13. The summed E-state index contributed by atoms with van der Waals surface area (Å²) < 4.78 is 6.02. The van der Waals surface area contributed by atoms with Gasteiger partial charge in [-0.3, -0.25) is 0 Å². The first-order chi connectivity index (χ1) is 7.63. The number of hydrogen-bond acceptors (Lipinski definition) is 2. The first-order valence-corrected chi connectivity index (χ1v) is 5.87. The second-order valence-corrected chi connectivity index (χ2v) is 4.42. The molecule has 1 aromatic heterocycles. The number of aromatic nitrogens is 1. The van der Waals surface area contributed by atoms with Crippen LogP contribution >= 0.6 is 15.9 Å². The monoisotopic (exact) mass is 281 g/mol. The van der Waals surface area contributed by atoms with Gasteiger partial charge >= 0.3 is 5.97 Å². The predicted octanol–water partition coefficient (Wildman–Crippen LogP) is 3.42. The molecule has 0 unspecified atom stereocenters. The number of benzene rings is 1. The molecule has 1 heterocycles. The summed E-state index contributed by atoms with van der Waals surface area (Å²) in [5.41, 5.74) is 2.62. The molecule has 2 rings (SSSR count). The summed E-state index contributed by atoms with van der Waals surface area (Å²) in [5, 5.41) is 0.902. The Balaban J connectivity index is 2.56. The molecule has 0 fully saturated rings. The average molecular weight is 282 g/mol. The maximum Gasteiger partial charge on any atom is 0.340 e. The first-order valence-electron chi connectivity index (χ1n) is 5.08. The number of halogens is 1. The minimum absolute atomic E-state index is 0.282. The molecule has 0 saturated carbocycles. The molecule has 0 amide bonds. The quantitative estimate of drug-likeness (QED) is 0.857. The Morgan fingerprint density at radius 2 is 2.25 bits per heavy atom. The van der Waals surface area contributed by atoms with Gasteiger partial charge in [0.05, 0.1) is 12.2 Å². The van der Waals surface area contributed by atoms with Gasteiger partial charge in [-0.15, -0.1) is 0 Å². The van der Waals surface area contributed by atoms with Crippen molar-refractivity contribution in [2.24, 2.45) is 0 Å². The van der Waals surface area contributed by atoms with E-state index in [0.29, 0.717) is 12.2 Å². The molecule has 0 radical (unpaired) electrons. The number of carbonyl (C=O) groups excluding carboxylic acids is 1. The van der Waals surface area contributed by atoms with E-state index in [4.69, 9.17) is 4.74 Å². The zero-order valence-corrected chi connectivity index (χ0v) is 10.7. The topological polar surface area (TPSA) is 42.1 Å². The van der Waals surface area contributed by atoms with E-state index in [2.05, 4.69) is 20.9 Å². The van der Waals surface area contributed by atoms with Crippen molar-refractivity contribution in [2.45, 2.75) is 13.8 Å². The fourth-order valence-corrected chi connectivity index (χ4v) is 1.97. The van der Waals surface area contributed by atoms with Crippen molar-refractivity contribution in [2.75, 3.05) is 6.61 Å². The van der Waals surface area contributed by atoms with E-state index in [-0.39, 0.29) is 5.97 Å². The Bertz CT molecular complexity index is 545. The van der Waals surface area contributed by atoms with Gasteiger partial charge in [0.15, 0.2) is 0 Å². The molecular formula is C12H12BrNO2. The van der Waals surface area contributed by atoms with Gasteiger partial charge in [-0.05, 0) is 31.5 Å². The highest BCUT2D eigenvalue weighted by molar-refractivity contribution is 9.10. The lowest BCUT2D eigenvalue weighted by atomic mass is 10.1. The smallest absolute Gasteiger partial charge is 0.340 e. The number of aryl methyl sites for hydroxylation is 1. The van der Waals surface area contributed by atoms with Gasteiger partial charge < -0.3 is 9.72 Å². The Kier molecular flexibility index (Phi) is 3.01. The maximum atomic E-state index is 11.7. The highest BCUT2D eigenvalue weighted by Gasteiger charge is 2.13. The number of carbonyl (C=O) groups is 1. The maximum absolute atomic E-state index is 11.7. The summed E-state index contributed by atoms with van der Waals surface area (Å²) in [6.45, 7) is 4.18. The second kappa shape index (κ2) is 4.29. The van der Waals surface area contributed by atoms with Crippen LogP contribution in [0.1, 0.15) is 22.8 Å². The van der Waals surface area contributed by atoms with Crippen molar-refractivity contribution in [3.05, 3.63) is 33.9 Å². The van der Waals surface area contributed by atoms with Crippen molar-refractivity contribution >= 4 is 32.8 Å². The number of rotatable bonds is 2. The molecule has 0 aliphatic rings. The van der Waals surface area contributed by atoms with E-state index >= 15 is 0 Å². The lowest BCUT2D eigenvalue weighted by Crippen LogP contribution is -2.03. The van der Waals surface area contributed by atoms with E-state index < -0.39 is 0 Å². The van der Waals surface area contributed by atoms with Crippen LogP contribution in [0.5, 0.6) is 0 Å². The number of ether oxygens (including phenoxy) is 1. The molecule has 84 valence electrons. The van der Waals surface area contributed by atoms with Crippen LogP contribution < -0.4 is 0 Å². The van der Waals surface area contributed by atoms with Gasteiger partial charge in [0.25, 0.3) is 0 Å². The molecule has 0 aliphatic carbocycles. The van der Waals surface area contributed by atoms with Gasteiger partial charge in [0.1, 0.15) is 0 Å². The number of fused-ring (bicyclic) bond motifs is 1. The van der Waals surface area contributed by atoms with Crippen molar-refractivity contribution in [1.82, 2.24) is 4.98 Å². The number of nitrogens with one attached hydrogen (secondary N) is 1.